The number of amides is 1. The van der Waals surface area contributed by atoms with Crippen LogP contribution < -0.4 is 5.32 Å². The molecule has 2 aromatic heterocycles. The average Bonchev–Trinajstić information content (AvgIpc) is 3.23. The van der Waals surface area contributed by atoms with E-state index in [2.05, 4.69) is 31.1 Å². The Morgan fingerprint density at radius 3 is 2.76 bits per heavy atom. The molecule has 0 aliphatic heterocycles. The van der Waals surface area contributed by atoms with Crippen molar-refractivity contribution in [3.05, 3.63) is 29.7 Å². The van der Waals surface area contributed by atoms with Gasteiger partial charge in [0.1, 0.15) is 17.0 Å². The number of nitrogens with one attached hydrogen (secondary N) is 1. The van der Waals surface area contributed by atoms with Crippen molar-refractivity contribution >= 4 is 17.2 Å². The second-order valence-corrected chi connectivity index (χ2v) is 8.96. The summed E-state index contributed by atoms with van der Waals surface area (Å²) in [5, 5.41) is 16.1. The van der Waals surface area contributed by atoms with Gasteiger partial charge in [-0.3, -0.25) is 4.79 Å². The van der Waals surface area contributed by atoms with Crippen molar-refractivity contribution in [2.75, 3.05) is 6.54 Å². The number of hydrogen-bond donors (Lipinski definition) is 2. The molecule has 0 aromatic carbocycles. The first kappa shape index (κ1) is 18.1. The first-order chi connectivity index (χ1) is 11.8. The summed E-state index contributed by atoms with van der Waals surface area (Å²) in [6.45, 7) is 7.04. The van der Waals surface area contributed by atoms with Crippen LogP contribution in [0.4, 0.5) is 0 Å². The molecule has 1 amide bonds. The molecule has 1 aliphatic rings. The van der Waals surface area contributed by atoms with E-state index in [4.69, 9.17) is 4.42 Å². The molecule has 5 nitrogen and oxygen atoms in total. The van der Waals surface area contributed by atoms with Crippen molar-refractivity contribution in [3.63, 3.8) is 0 Å². The van der Waals surface area contributed by atoms with Gasteiger partial charge in [0.2, 0.25) is 0 Å². The zero-order chi connectivity index (χ0) is 18.1. The van der Waals surface area contributed by atoms with E-state index in [1.54, 1.807) is 17.9 Å². The predicted molar refractivity (Wildman–Crippen MR) is 98.5 cm³/mol. The van der Waals surface area contributed by atoms with Gasteiger partial charge >= 0.3 is 0 Å². The first-order valence-electron chi connectivity index (χ1n) is 8.75. The van der Waals surface area contributed by atoms with Gasteiger partial charge in [-0.1, -0.05) is 20.8 Å². The van der Waals surface area contributed by atoms with Gasteiger partial charge in [-0.2, -0.15) is 0 Å². The Kier molecular flexibility index (Phi) is 5.02. The highest BCUT2D eigenvalue weighted by atomic mass is 32.1. The summed E-state index contributed by atoms with van der Waals surface area (Å²) in [6.07, 6.45) is 6.64. The molecule has 1 aliphatic carbocycles. The van der Waals surface area contributed by atoms with Gasteiger partial charge < -0.3 is 14.8 Å². The van der Waals surface area contributed by atoms with Gasteiger partial charge in [-0.15, -0.1) is 11.3 Å². The Labute approximate surface area is 152 Å². The van der Waals surface area contributed by atoms with Crippen LogP contribution in [0.15, 0.2) is 28.4 Å². The molecule has 0 atom stereocenters. The lowest BCUT2D eigenvalue weighted by molar-refractivity contribution is -0.0228. The van der Waals surface area contributed by atoms with E-state index in [0.29, 0.717) is 11.6 Å². The van der Waals surface area contributed by atoms with Crippen molar-refractivity contribution < 1.29 is 14.3 Å². The Morgan fingerprint density at radius 1 is 1.44 bits per heavy atom. The van der Waals surface area contributed by atoms with Crippen LogP contribution >= 0.6 is 11.3 Å². The van der Waals surface area contributed by atoms with Crippen LogP contribution in [0.25, 0.3) is 10.6 Å². The second-order valence-electron chi connectivity index (χ2n) is 8.10. The van der Waals surface area contributed by atoms with Crippen molar-refractivity contribution in [3.8, 4) is 10.6 Å². The maximum atomic E-state index is 12.3. The molecule has 136 valence electrons. The van der Waals surface area contributed by atoms with E-state index in [0.717, 1.165) is 36.3 Å². The molecule has 2 aromatic rings. The summed E-state index contributed by atoms with van der Waals surface area (Å²) in [7, 11) is 0. The number of furan rings is 1. The standard InChI is InChI=1S/C19H26N2O3S/c1-18(2,3)14-4-7-19(23,8-5-14)12-20-16(22)15-11-25-17(21-15)13-6-9-24-10-13/h6,9-11,14,23H,4-5,7-8,12H2,1-3H3,(H,20,22). The lowest BCUT2D eigenvalue weighted by Gasteiger charge is -2.41. The Morgan fingerprint density at radius 2 is 2.16 bits per heavy atom. The Bertz CT molecular complexity index is 707. The maximum absolute atomic E-state index is 12.3. The molecule has 2 N–H and O–H groups in total. The third-order valence-corrected chi connectivity index (χ3v) is 6.12. The minimum atomic E-state index is -0.805. The largest absolute Gasteiger partial charge is 0.472 e. The van der Waals surface area contributed by atoms with Crippen molar-refractivity contribution in [1.82, 2.24) is 10.3 Å². The zero-order valence-corrected chi connectivity index (χ0v) is 15.9. The van der Waals surface area contributed by atoms with Crippen LogP contribution in [0.1, 0.15) is 56.9 Å². The number of hydrogen-bond acceptors (Lipinski definition) is 5. The number of carbonyl (C=O) groups excluding carboxylic acids is 1. The molecule has 1 fully saturated rings. The van der Waals surface area contributed by atoms with Gasteiger partial charge in [0.05, 0.1) is 11.9 Å². The molecule has 0 radical (unpaired) electrons. The highest BCUT2D eigenvalue weighted by molar-refractivity contribution is 7.13. The van der Waals surface area contributed by atoms with E-state index in [-0.39, 0.29) is 17.9 Å². The lowest BCUT2D eigenvalue weighted by Crippen LogP contribution is -2.46. The number of nitrogens with zero attached hydrogens (tertiary/aromatic N) is 1. The molecule has 0 spiro atoms. The highest BCUT2D eigenvalue weighted by Crippen LogP contribution is 2.41. The Balaban J connectivity index is 1.54. The minimum Gasteiger partial charge on any atom is -0.472 e. The van der Waals surface area contributed by atoms with Crippen molar-refractivity contribution in [1.29, 1.82) is 0 Å². The maximum Gasteiger partial charge on any atom is 0.270 e. The molecule has 0 bridgehead atoms. The highest BCUT2D eigenvalue weighted by Gasteiger charge is 2.37. The topological polar surface area (TPSA) is 75.4 Å². The normalized spacial score (nSPS) is 24.2. The molecule has 3 rings (SSSR count). The van der Waals surface area contributed by atoms with Gasteiger partial charge in [-0.25, -0.2) is 4.98 Å². The molecule has 0 saturated heterocycles. The first-order valence-corrected chi connectivity index (χ1v) is 9.63. The van der Waals surface area contributed by atoms with Crippen LogP contribution in [-0.2, 0) is 0 Å². The van der Waals surface area contributed by atoms with Gasteiger partial charge in [0.25, 0.3) is 5.91 Å². The number of carbonyl (C=O) groups is 1. The molecular weight excluding hydrogens is 336 g/mol. The fourth-order valence-electron chi connectivity index (χ4n) is 3.43. The predicted octanol–water partition coefficient (Wildman–Crippen LogP) is 4.10. The zero-order valence-electron chi connectivity index (χ0n) is 15.0. The van der Waals surface area contributed by atoms with E-state index in [1.165, 1.54) is 11.3 Å². The number of rotatable bonds is 4. The summed E-state index contributed by atoms with van der Waals surface area (Å²) in [5.41, 5.74) is 0.714. The smallest absolute Gasteiger partial charge is 0.270 e. The quantitative estimate of drug-likeness (QED) is 0.858. The number of aliphatic hydroxyl groups is 1. The average molecular weight is 362 g/mol. The monoisotopic (exact) mass is 362 g/mol. The van der Waals surface area contributed by atoms with Crippen LogP contribution in [0.2, 0.25) is 0 Å². The SMILES string of the molecule is CC(C)(C)C1CCC(O)(CNC(=O)c2csc(-c3ccoc3)n2)CC1. The molecular formula is C19H26N2O3S. The van der Waals surface area contributed by atoms with Crippen LogP contribution in [0.5, 0.6) is 0 Å². The minimum absolute atomic E-state index is 0.239. The molecule has 25 heavy (non-hydrogen) atoms. The van der Waals surface area contributed by atoms with Gasteiger partial charge in [0, 0.05) is 17.5 Å². The second kappa shape index (κ2) is 6.92. The van der Waals surface area contributed by atoms with Crippen LogP contribution in [0, 0.1) is 11.3 Å². The van der Waals surface area contributed by atoms with Crippen molar-refractivity contribution in [2.24, 2.45) is 11.3 Å². The number of aromatic nitrogens is 1. The van der Waals surface area contributed by atoms with Crippen molar-refractivity contribution in [2.45, 2.75) is 52.1 Å². The fourth-order valence-corrected chi connectivity index (χ4v) is 4.22. The van der Waals surface area contributed by atoms with Crippen LogP contribution in [0.3, 0.4) is 0 Å². The van der Waals surface area contributed by atoms with E-state index in [1.807, 2.05) is 6.07 Å². The summed E-state index contributed by atoms with van der Waals surface area (Å²) in [5.74, 6) is 0.386. The lowest BCUT2D eigenvalue weighted by atomic mass is 9.68. The summed E-state index contributed by atoms with van der Waals surface area (Å²) < 4.78 is 5.04. The molecule has 0 unspecified atom stereocenters. The van der Waals surface area contributed by atoms with E-state index in [9.17, 15) is 9.90 Å². The Hall–Kier alpha value is -1.66. The third kappa shape index (κ3) is 4.30. The summed E-state index contributed by atoms with van der Waals surface area (Å²) >= 11 is 1.40. The molecule has 1 saturated carbocycles. The summed E-state index contributed by atoms with van der Waals surface area (Å²) in [4.78, 5) is 16.7. The third-order valence-electron chi connectivity index (χ3n) is 5.22. The fraction of sp³-hybridized carbons (Fsp3) is 0.579. The molecule has 6 heteroatoms. The molecule has 2 heterocycles. The van der Waals surface area contributed by atoms with E-state index >= 15 is 0 Å². The van der Waals surface area contributed by atoms with Gasteiger partial charge in [-0.05, 0) is 43.1 Å². The van der Waals surface area contributed by atoms with Gasteiger partial charge in [0.15, 0.2) is 0 Å². The summed E-state index contributed by atoms with van der Waals surface area (Å²) in [6, 6.07) is 1.82. The van der Waals surface area contributed by atoms with E-state index < -0.39 is 5.60 Å². The van der Waals surface area contributed by atoms with Crippen LogP contribution in [-0.4, -0.2) is 28.1 Å². The number of thiazole rings is 1.